The number of phenolic OH excluding ortho intramolecular Hbond substituents is 1. The highest BCUT2D eigenvalue weighted by molar-refractivity contribution is 6.31. The van der Waals surface area contributed by atoms with Crippen LogP contribution in [0.2, 0.25) is 5.02 Å². The number of benzene rings is 3. The monoisotopic (exact) mass is 562 g/mol. The Morgan fingerprint density at radius 3 is 2.48 bits per heavy atom. The molecule has 3 aromatic carbocycles. The Balaban J connectivity index is 1.52. The van der Waals surface area contributed by atoms with Crippen LogP contribution in [0.5, 0.6) is 5.75 Å². The van der Waals surface area contributed by atoms with Gasteiger partial charge in [-0.25, -0.2) is 4.39 Å². The molecular weight excluding hydrogens is 535 g/mol. The lowest BCUT2D eigenvalue weighted by molar-refractivity contribution is -0.127. The van der Waals surface area contributed by atoms with Gasteiger partial charge in [0.05, 0.1) is 5.02 Å². The average molecular weight is 563 g/mol. The molecule has 1 aromatic heterocycles. The van der Waals surface area contributed by atoms with Gasteiger partial charge in [-0.3, -0.25) is 14.5 Å². The predicted octanol–water partition coefficient (Wildman–Crippen LogP) is 4.98. The number of phenols is 1. The van der Waals surface area contributed by atoms with Crippen LogP contribution in [-0.4, -0.2) is 43.2 Å². The number of tetrazole rings is 1. The molecule has 11 heteroatoms. The van der Waals surface area contributed by atoms with Crippen LogP contribution in [0.1, 0.15) is 42.9 Å². The van der Waals surface area contributed by atoms with E-state index in [-0.39, 0.29) is 29.0 Å². The number of amides is 2. The maximum Gasteiger partial charge on any atom is 0.251 e. The smallest absolute Gasteiger partial charge is 0.251 e. The number of halogens is 2. The van der Waals surface area contributed by atoms with Crippen LogP contribution in [0, 0.1) is 12.7 Å². The van der Waals surface area contributed by atoms with Gasteiger partial charge in [0.1, 0.15) is 24.2 Å². The summed E-state index contributed by atoms with van der Waals surface area (Å²) in [5.41, 5.74) is 2.49. The first-order chi connectivity index (χ1) is 19.3. The van der Waals surface area contributed by atoms with E-state index in [0.29, 0.717) is 11.4 Å². The molecule has 0 unspecified atom stereocenters. The molecule has 206 valence electrons. The van der Waals surface area contributed by atoms with Crippen LogP contribution in [0.25, 0.3) is 11.4 Å². The highest BCUT2D eigenvalue weighted by Crippen LogP contribution is 2.32. The van der Waals surface area contributed by atoms with E-state index in [4.69, 9.17) is 11.6 Å². The van der Waals surface area contributed by atoms with Gasteiger partial charge in [0.2, 0.25) is 11.7 Å². The van der Waals surface area contributed by atoms with Crippen LogP contribution >= 0.6 is 11.6 Å². The topological polar surface area (TPSA) is 113 Å². The highest BCUT2D eigenvalue weighted by atomic mass is 35.5. The molecule has 40 heavy (non-hydrogen) atoms. The number of hydrogen-bond donors (Lipinski definition) is 2. The van der Waals surface area contributed by atoms with E-state index < -0.39 is 23.7 Å². The second-order valence-electron chi connectivity index (χ2n) is 9.86. The number of aromatic nitrogens is 4. The molecule has 0 bridgehead atoms. The molecule has 1 saturated carbocycles. The summed E-state index contributed by atoms with van der Waals surface area (Å²) in [4.78, 5) is 30.2. The summed E-state index contributed by atoms with van der Waals surface area (Å²) >= 11 is 6.11. The first-order valence-corrected chi connectivity index (χ1v) is 13.4. The van der Waals surface area contributed by atoms with E-state index in [1.807, 2.05) is 31.2 Å². The Kier molecular flexibility index (Phi) is 8.06. The zero-order chi connectivity index (χ0) is 28.2. The normalized spacial score (nSPS) is 14.2. The third kappa shape index (κ3) is 6.12. The number of anilines is 1. The number of nitrogens with one attached hydrogen (secondary N) is 1. The molecule has 1 heterocycles. The van der Waals surface area contributed by atoms with E-state index in [9.17, 15) is 19.1 Å². The third-order valence-electron chi connectivity index (χ3n) is 6.91. The van der Waals surface area contributed by atoms with Crippen molar-refractivity contribution in [3.63, 3.8) is 0 Å². The molecule has 4 aromatic rings. The molecule has 1 aliphatic carbocycles. The zero-order valence-corrected chi connectivity index (χ0v) is 22.6. The van der Waals surface area contributed by atoms with Crippen molar-refractivity contribution in [1.82, 2.24) is 25.5 Å². The Labute approximate surface area is 235 Å². The van der Waals surface area contributed by atoms with Crippen LogP contribution in [0.4, 0.5) is 10.1 Å². The van der Waals surface area contributed by atoms with Gasteiger partial charge in [0, 0.05) is 17.3 Å². The van der Waals surface area contributed by atoms with Crippen molar-refractivity contribution in [1.29, 1.82) is 0 Å². The standard InChI is InChI=1S/C29H28ClFN6O3/c1-18-6-8-20(9-7-18)28-33-35-36(34-28)17-26(39)37(22-12-15-25(31)24(30)16-22)27(19-10-13-23(38)14-11-19)29(40)32-21-4-2-3-5-21/h6-16,21,27,38H,2-5,17H2,1H3,(H,32,40)/t27-/m0/s1. The molecule has 2 N–H and O–H groups in total. The number of hydrogen-bond acceptors (Lipinski definition) is 6. The number of carbonyl (C=O) groups excluding carboxylic acids is 2. The molecule has 0 saturated heterocycles. The van der Waals surface area contributed by atoms with Gasteiger partial charge in [-0.05, 0) is 60.9 Å². The number of rotatable bonds is 8. The maximum atomic E-state index is 14.1. The summed E-state index contributed by atoms with van der Waals surface area (Å²) in [5.74, 6) is -1.25. The molecule has 1 aliphatic rings. The molecule has 0 radical (unpaired) electrons. The van der Waals surface area contributed by atoms with Gasteiger partial charge >= 0.3 is 0 Å². The maximum absolute atomic E-state index is 14.1. The van der Waals surface area contributed by atoms with Crippen molar-refractivity contribution < 1.29 is 19.1 Å². The van der Waals surface area contributed by atoms with E-state index in [1.54, 1.807) is 12.1 Å². The molecule has 2 amide bonds. The lowest BCUT2D eigenvalue weighted by atomic mass is 10.0. The summed E-state index contributed by atoms with van der Waals surface area (Å²) in [5, 5.41) is 25.2. The van der Waals surface area contributed by atoms with Crippen molar-refractivity contribution in [2.75, 3.05) is 4.90 Å². The summed E-state index contributed by atoms with van der Waals surface area (Å²) in [6.45, 7) is 1.62. The van der Waals surface area contributed by atoms with Crippen molar-refractivity contribution in [3.8, 4) is 17.1 Å². The van der Waals surface area contributed by atoms with Crippen LogP contribution < -0.4 is 10.2 Å². The van der Waals surface area contributed by atoms with E-state index in [1.165, 1.54) is 29.2 Å². The fourth-order valence-electron chi connectivity index (χ4n) is 4.82. The number of nitrogens with zero attached hydrogens (tertiary/aromatic N) is 5. The SMILES string of the molecule is Cc1ccc(-c2nnn(CC(=O)N(c3ccc(F)c(Cl)c3)[C@H](C(=O)NC3CCCC3)c3ccc(O)cc3)n2)cc1. The first kappa shape index (κ1) is 27.3. The quantitative estimate of drug-likeness (QED) is 0.313. The Hall–Kier alpha value is -4.31. The van der Waals surface area contributed by atoms with E-state index in [2.05, 4.69) is 20.7 Å². The lowest BCUT2D eigenvalue weighted by Crippen LogP contribution is -2.47. The Morgan fingerprint density at radius 1 is 1.10 bits per heavy atom. The minimum Gasteiger partial charge on any atom is -0.508 e. The van der Waals surface area contributed by atoms with Crippen LogP contribution in [0.15, 0.2) is 66.7 Å². The van der Waals surface area contributed by atoms with Crippen molar-refractivity contribution in [3.05, 3.63) is 88.7 Å². The first-order valence-electron chi connectivity index (χ1n) is 13.0. The average Bonchev–Trinajstić information content (AvgIpc) is 3.62. The minimum absolute atomic E-state index is 0.0110. The third-order valence-corrected chi connectivity index (χ3v) is 7.20. The predicted molar refractivity (Wildman–Crippen MR) is 148 cm³/mol. The van der Waals surface area contributed by atoms with Crippen molar-refractivity contribution >= 4 is 29.1 Å². The number of aryl methyl sites for hydroxylation is 1. The van der Waals surface area contributed by atoms with E-state index in [0.717, 1.165) is 47.7 Å². The molecule has 0 spiro atoms. The van der Waals surface area contributed by atoms with Crippen LogP contribution in [0.3, 0.4) is 0 Å². The van der Waals surface area contributed by atoms with Gasteiger partial charge < -0.3 is 10.4 Å². The zero-order valence-electron chi connectivity index (χ0n) is 21.8. The fourth-order valence-corrected chi connectivity index (χ4v) is 5.00. The van der Waals surface area contributed by atoms with E-state index >= 15 is 0 Å². The van der Waals surface area contributed by atoms with Crippen molar-refractivity contribution in [2.45, 2.75) is 51.2 Å². The largest absolute Gasteiger partial charge is 0.508 e. The summed E-state index contributed by atoms with van der Waals surface area (Å²) < 4.78 is 14.1. The van der Waals surface area contributed by atoms with Gasteiger partial charge in [-0.15, -0.1) is 10.2 Å². The fraction of sp³-hybridized carbons (Fsp3) is 0.276. The second kappa shape index (κ2) is 11.8. The van der Waals surface area contributed by atoms with Gasteiger partial charge in [0.25, 0.3) is 5.91 Å². The minimum atomic E-state index is -1.14. The highest BCUT2D eigenvalue weighted by Gasteiger charge is 2.35. The Bertz CT molecular complexity index is 1500. The molecule has 9 nitrogen and oxygen atoms in total. The Morgan fingerprint density at radius 2 is 1.80 bits per heavy atom. The van der Waals surface area contributed by atoms with Gasteiger partial charge in [-0.2, -0.15) is 4.80 Å². The summed E-state index contributed by atoms with van der Waals surface area (Å²) in [7, 11) is 0. The number of aromatic hydroxyl groups is 1. The second-order valence-corrected chi connectivity index (χ2v) is 10.3. The molecular formula is C29H28ClFN6O3. The molecule has 1 atom stereocenters. The summed E-state index contributed by atoms with van der Waals surface area (Å²) in [6, 6.07) is 16.3. The molecule has 1 fully saturated rings. The van der Waals surface area contributed by atoms with Crippen molar-refractivity contribution in [2.24, 2.45) is 0 Å². The molecule has 5 rings (SSSR count). The van der Waals surface area contributed by atoms with Gasteiger partial charge in [-0.1, -0.05) is 66.4 Å². The lowest BCUT2D eigenvalue weighted by Gasteiger charge is -2.32. The van der Waals surface area contributed by atoms with Gasteiger partial charge in [0.15, 0.2) is 0 Å². The molecule has 0 aliphatic heterocycles. The summed E-state index contributed by atoms with van der Waals surface area (Å²) in [6.07, 6.45) is 3.70. The van der Waals surface area contributed by atoms with Crippen LogP contribution in [-0.2, 0) is 16.1 Å². The number of carbonyl (C=O) groups is 2.